The van der Waals surface area contributed by atoms with Crippen LogP contribution in [0.4, 0.5) is 8.78 Å². The van der Waals surface area contributed by atoms with E-state index in [1.54, 1.807) is 36.4 Å². The van der Waals surface area contributed by atoms with Crippen LogP contribution in [0, 0.1) is 47.3 Å². The number of carbonyl (C=O) groups excluding carboxylic acids is 1. The number of hydrogen-bond donors (Lipinski definition) is 1. The van der Waals surface area contributed by atoms with Crippen LogP contribution in [0.5, 0.6) is 46.0 Å². The third-order valence-electron chi connectivity index (χ3n) is 9.22. The van der Waals surface area contributed by atoms with E-state index < -0.39 is 0 Å². The number of aromatic hydroxyl groups is 1. The molecule has 3 unspecified atom stereocenters. The van der Waals surface area contributed by atoms with Crippen LogP contribution in [-0.2, 0) is 23.9 Å². The Balaban J connectivity index is 0. The van der Waals surface area contributed by atoms with Crippen molar-refractivity contribution in [3.05, 3.63) is 181 Å². The summed E-state index contributed by atoms with van der Waals surface area (Å²) in [6.45, 7) is 13.1. The third-order valence-corrected chi connectivity index (χ3v) is 19.7. The Kier molecular flexibility index (Phi) is 47.6. The van der Waals surface area contributed by atoms with Gasteiger partial charge < -0.3 is 79.4 Å². The zero-order chi connectivity index (χ0) is 56.4. The van der Waals surface area contributed by atoms with Crippen molar-refractivity contribution < 1.29 is 238 Å². The first kappa shape index (κ1) is 83.2. The van der Waals surface area contributed by atoms with Crippen molar-refractivity contribution in [1.29, 1.82) is 0 Å². The van der Waals surface area contributed by atoms with Crippen LogP contribution < -0.4 is 199 Å². The van der Waals surface area contributed by atoms with Crippen molar-refractivity contribution >= 4 is 142 Å². The molecule has 430 valence electrons. The predicted molar refractivity (Wildman–Crippen MR) is 331 cm³/mol. The Hall–Kier alpha value is 2.20. The second-order valence-corrected chi connectivity index (χ2v) is 28.0. The summed E-state index contributed by atoms with van der Waals surface area (Å²) in [7, 11) is 0. The van der Waals surface area contributed by atoms with Gasteiger partial charge in [-0.1, -0.05) is 0 Å². The van der Waals surface area contributed by atoms with Gasteiger partial charge in [0, 0.05) is 19.8 Å². The predicted octanol–water partition coefficient (Wildman–Crippen LogP) is -2.64. The molecule has 0 heterocycles. The fourth-order valence-corrected chi connectivity index (χ4v) is 13.5. The standard InChI is InChI=1S/C32H30I5O6.C12H8F2I.C10H12I2O3.CH2O3.2ClH.2K.H/c1-5-38-19(3)40-29-15-27(35)31(17-25(29)33)42-23-11-7-21(8-12-23)37-22-9-13-24(14-10-22)43-32-18-26(34)30(16-28(32)36)41-20(4)39-6-2;13-9-1-5-11(6-2-9)15-12-7-3-10(14)4-8-12;1-3-14-6(2)15-10-5-7(11)9(13)4-8(10)12;2-1-4-3;;;;;/h7-20H,5-6H2,1-4H3;1-8H;4-6,13H,3H2,1-2H3;1,3H;2*1H;;;/q2*+1;;;;;2*+1;-1/p-3. The van der Waals surface area contributed by atoms with E-state index in [0.29, 0.717) is 19.8 Å². The third kappa shape index (κ3) is 32.2. The first-order valence-electron chi connectivity index (χ1n) is 22.9. The van der Waals surface area contributed by atoms with E-state index in [-0.39, 0.29) is 214 Å². The van der Waals surface area contributed by atoms with Gasteiger partial charge >= 0.3 is 145 Å². The first-order valence-corrected chi connectivity index (χ1v) is 33.7. The quantitative estimate of drug-likeness (QED) is 0.0201. The van der Waals surface area contributed by atoms with E-state index in [2.05, 4.69) is 165 Å². The number of halogens is 12. The maximum atomic E-state index is 12.6. The minimum Gasteiger partial charge on any atom is -1.00 e. The van der Waals surface area contributed by atoms with E-state index in [1.165, 1.54) is 31.4 Å². The second kappa shape index (κ2) is 46.3. The average Bonchev–Trinajstić information content (AvgIpc) is 3.39. The summed E-state index contributed by atoms with van der Waals surface area (Å²) in [6.07, 6.45) is -0.882. The number of rotatable bonds is 21. The molecule has 0 aliphatic rings. The largest absolute Gasteiger partial charge is 1.00 e. The Morgan fingerprint density at radius 1 is 0.481 bits per heavy atom. The van der Waals surface area contributed by atoms with Gasteiger partial charge in [0.05, 0.1) is 21.4 Å². The zero-order valence-electron chi connectivity index (χ0n) is 45.6. The molecule has 0 amide bonds. The van der Waals surface area contributed by atoms with Crippen molar-refractivity contribution in [1.82, 2.24) is 0 Å². The van der Waals surface area contributed by atoms with Gasteiger partial charge in [0.1, 0.15) is 57.6 Å². The summed E-state index contributed by atoms with van der Waals surface area (Å²) < 4.78 is 81.8. The molecule has 3 atom stereocenters. The number of carbonyl (C=O) groups is 1. The van der Waals surface area contributed by atoms with Gasteiger partial charge in [0.2, 0.25) is 0 Å². The van der Waals surface area contributed by atoms with Gasteiger partial charge in [-0.3, -0.25) is 4.79 Å². The van der Waals surface area contributed by atoms with Crippen LogP contribution in [0.1, 0.15) is 43.0 Å². The fraction of sp³-hybridized carbons (Fsp3) is 0.218. The Morgan fingerprint density at radius 3 is 1.01 bits per heavy atom. The molecule has 0 bridgehead atoms. The molecule has 7 aromatic carbocycles. The van der Waals surface area contributed by atoms with Gasteiger partial charge in [-0.05, 0) is 311 Å². The van der Waals surface area contributed by atoms with Crippen molar-refractivity contribution in [2.24, 2.45) is 0 Å². The summed E-state index contributed by atoms with van der Waals surface area (Å²) >= 11 is 12.6. The van der Waals surface area contributed by atoms with Crippen LogP contribution in [-0.4, -0.2) is 50.3 Å². The van der Waals surface area contributed by atoms with E-state index in [1.807, 2.05) is 90.1 Å². The van der Waals surface area contributed by atoms with Crippen LogP contribution in [0.2, 0.25) is 0 Å². The van der Waals surface area contributed by atoms with Gasteiger partial charge in [-0.15, -0.1) is 0 Å². The van der Waals surface area contributed by atoms with Crippen LogP contribution in [0.3, 0.4) is 0 Å². The molecular weight excluding hydrogens is 2050 g/mol. The zero-order valence-corrected chi connectivity index (χ0v) is 69.6. The topological polar surface area (TPSA) is 143 Å². The van der Waals surface area contributed by atoms with Crippen LogP contribution in [0.25, 0.3) is 0 Å². The molecule has 7 aromatic rings. The van der Waals surface area contributed by atoms with Gasteiger partial charge in [0.25, 0.3) is 6.47 Å². The van der Waals surface area contributed by atoms with Crippen LogP contribution in [0.15, 0.2) is 133 Å². The fourth-order valence-electron chi connectivity index (χ4n) is 5.93. The van der Waals surface area contributed by atoms with E-state index in [4.69, 9.17) is 47.9 Å². The number of ether oxygens (including phenoxy) is 8. The Bertz CT molecular complexity index is 2770. The average molecular weight is 2110 g/mol. The molecule has 1 N–H and O–H groups in total. The molecule has 81 heavy (non-hydrogen) atoms. The number of benzene rings is 7. The summed E-state index contributed by atoms with van der Waals surface area (Å²) in [5, 5.41) is 17.9. The smallest absolute Gasteiger partial charge is 1.00 e. The monoisotopic (exact) mass is 2110 g/mol. The molecule has 0 spiro atoms. The van der Waals surface area contributed by atoms with E-state index in [9.17, 15) is 13.9 Å². The van der Waals surface area contributed by atoms with Gasteiger partial charge in [-0.2, -0.15) is 0 Å². The molecule has 12 nitrogen and oxygen atoms in total. The van der Waals surface area contributed by atoms with Crippen molar-refractivity contribution in [3.8, 4) is 46.0 Å². The molecule has 0 saturated heterocycles. The minimum absolute atomic E-state index is 0. The van der Waals surface area contributed by atoms with Crippen LogP contribution >= 0.6 is 136 Å². The SMILES string of the molecule is CCOC(C)Oc1cc(I)c(O)cc1I.CCOC(C)Oc1cc(I)c(Oc2ccc([I+]c3ccc(Oc4cc(I)c(OC(C)OCC)cc4I)cc3)cc2)cc1I.Fc1ccc([I+]c2ccc(F)cc2)cc1.O=CO[O-].[Cl-].[Cl-].[H-].[K+].[K+]. The number of hydrogen-bond acceptors (Lipinski definition) is 12. The Labute approximate surface area is 674 Å². The first-order chi connectivity index (χ1) is 36.8. The van der Waals surface area contributed by atoms with Crippen molar-refractivity contribution in [2.45, 2.75) is 60.4 Å². The van der Waals surface area contributed by atoms with Crippen molar-refractivity contribution in [3.63, 3.8) is 0 Å². The molecule has 0 aliphatic heterocycles. The molecule has 0 saturated carbocycles. The molecule has 0 aromatic heterocycles. The summed E-state index contributed by atoms with van der Waals surface area (Å²) in [6, 6.07) is 41.1. The molecular formula is C55H52Cl2F2I8K2O12. The number of phenols is 1. The second-order valence-electron chi connectivity index (χ2n) is 14.9. The van der Waals surface area contributed by atoms with Gasteiger partial charge in [0.15, 0.2) is 33.2 Å². The molecule has 26 heteroatoms. The van der Waals surface area contributed by atoms with Gasteiger partial charge in [-0.25, -0.2) is 8.78 Å². The van der Waals surface area contributed by atoms with E-state index >= 15 is 0 Å². The minimum atomic E-state index is -0.348. The summed E-state index contributed by atoms with van der Waals surface area (Å²) in [5.41, 5.74) is 0. The maximum Gasteiger partial charge on any atom is 1.00 e. The van der Waals surface area contributed by atoms with Crippen molar-refractivity contribution in [2.75, 3.05) is 19.8 Å². The van der Waals surface area contributed by atoms with E-state index in [0.717, 1.165) is 68.8 Å². The summed E-state index contributed by atoms with van der Waals surface area (Å²) in [4.78, 5) is 11.2. The number of phenolic OH excluding ortho intramolecular Hbond substituents is 1. The molecule has 7 rings (SSSR count). The maximum absolute atomic E-state index is 12.6. The summed E-state index contributed by atoms with van der Waals surface area (Å²) in [5.74, 6) is 5.34. The normalized spacial score (nSPS) is 11.1. The molecule has 0 aliphatic carbocycles. The molecule has 0 radical (unpaired) electrons. The Morgan fingerprint density at radius 2 is 0.728 bits per heavy atom. The molecule has 0 fully saturated rings.